The zero-order chi connectivity index (χ0) is 31.6. The van der Waals surface area contributed by atoms with Crippen molar-refractivity contribution in [1.29, 1.82) is 0 Å². The molecule has 1 aliphatic rings. The van der Waals surface area contributed by atoms with Gasteiger partial charge in [0, 0.05) is 43.8 Å². The number of hydrogen-bond acceptors (Lipinski definition) is 6. The molecule has 0 radical (unpaired) electrons. The number of fused-ring (bicyclic) bond motifs is 1. The summed E-state index contributed by atoms with van der Waals surface area (Å²) in [4.78, 5) is 18.1. The van der Waals surface area contributed by atoms with Gasteiger partial charge in [-0.3, -0.25) is 9.58 Å². The highest BCUT2D eigenvalue weighted by atomic mass is 19.4. The monoisotopic (exact) mass is 617 g/mol. The Morgan fingerprint density at radius 2 is 1.58 bits per heavy atom. The number of carbonyl (C=O) groups is 1. The predicted octanol–water partition coefficient (Wildman–Crippen LogP) is 6.52. The fourth-order valence-electron chi connectivity index (χ4n) is 5.42. The fourth-order valence-corrected chi connectivity index (χ4v) is 5.42. The molecule has 6 rings (SSSR count). The number of benzene rings is 3. The quantitative estimate of drug-likeness (QED) is 0.212. The van der Waals surface area contributed by atoms with E-state index in [9.17, 15) is 23.1 Å². The maximum absolute atomic E-state index is 13.7. The number of anilines is 1. The number of nitrogens with zero attached hydrogens (tertiary/aromatic N) is 5. The zero-order valence-corrected chi connectivity index (χ0v) is 24.3. The summed E-state index contributed by atoms with van der Waals surface area (Å²) in [5.74, 6) is 0.708. The van der Waals surface area contributed by atoms with Gasteiger partial charge in [0.1, 0.15) is 24.9 Å². The summed E-state index contributed by atoms with van der Waals surface area (Å²) in [6.45, 7) is -0.0451. The van der Waals surface area contributed by atoms with E-state index in [1.165, 1.54) is 0 Å². The van der Waals surface area contributed by atoms with Crippen LogP contribution in [0.4, 0.5) is 23.7 Å². The molecule has 0 saturated carbocycles. The van der Waals surface area contributed by atoms with Crippen LogP contribution in [0.5, 0.6) is 11.8 Å². The van der Waals surface area contributed by atoms with Crippen LogP contribution in [0.25, 0.3) is 22.2 Å². The average molecular weight is 618 g/mol. The lowest BCUT2D eigenvalue weighted by molar-refractivity contribution is -0.178. The van der Waals surface area contributed by atoms with Crippen LogP contribution in [0.2, 0.25) is 0 Å². The molecular formula is C33H30F3N5O4. The van der Waals surface area contributed by atoms with E-state index in [1.807, 2.05) is 66.7 Å². The minimum atomic E-state index is -4.69. The van der Waals surface area contributed by atoms with Gasteiger partial charge in [0.15, 0.2) is 0 Å². The van der Waals surface area contributed by atoms with E-state index in [0.717, 1.165) is 16.5 Å². The number of ether oxygens (including phenoxy) is 2. The van der Waals surface area contributed by atoms with E-state index >= 15 is 0 Å². The Kier molecular flexibility index (Phi) is 8.20. The van der Waals surface area contributed by atoms with Crippen molar-refractivity contribution in [3.05, 3.63) is 102 Å². The van der Waals surface area contributed by atoms with Crippen molar-refractivity contribution in [3.8, 4) is 23.0 Å². The molecule has 0 bridgehead atoms. The molecule has 3 aromatic carbocycles. The van der Waals surface area contributed by atoms with Crippen LogP contribution in [-0.2, 0) is 20.3 Å². The molecule has 2 aromatic heterocycles. The van der Waals surface area contributed by atoms with E-state index in [1.54, 1.807) is 40.9 Å². The molecule has 9 nitrogen and oxygen atoms in total. The SMILES string of the molecule is Cn1nc(-c2ccc(OCc3ccccc3)nc2OCc2ccccc2)c2ccc(N3CCN(C(=O)O)[C@@H](C(F)(F)F)C3)cc21. The molecule has 5 aromatic rings. The normalized spacial score (nSPS) is 15.3. The summed E-state index contributed by atoms with van der Waals surface area (Å²) >= 11 is 0. The van der Waals surface area contributed by atoms with Gasteiger partial charge >= 0.3 is 12.3 Å². The van der Waals surface area contributed by atoms with Crippen LogP contribution in [0.1, 0.15) is 11.1 Å². The van der Waals surface area contributed by atoms with E-state index in [-0.39, 0.29) is 19.7 Å². The number of hydrogen-bond donors (Lipinski definition) is 1. The first kappa shape index (κ1) is 29.8. The number of aromatic nitrogens is 3. The Bertz CT molecular complexity index is 1800. The number of amides is 1. The second-order valence-corrected chi connectivity index (χ2v) is 10.7. The number of piperazine rings is 1. The van der Waals surface area contributed by atoms with Gasteiger partial charge < -0.3 is 19.5 Å². The van der Waals surface area contributed by atoms with Gasteiger partial charge in [-0.25, -0.2) is 4.79 Å². The minimum absolute atomic E-state index is 0.126. The number of rotatable bonds is 8. The van der Waals surface area contributed by atoms with E-state index in [4.69, 9.17) is 14.6 Å². The highest BCUT2D eigenvalue weighted by Crippen LogP contribution is 2.37. The molecule has 3 heterocycles. The summed E-state index contributed by atoms with van der Waals surface area (Å²) < 4.78 is 55.1. The molecule has 0 spiro atoms. The van der Waals surface area contributed by atoms with E-state index < -0.39 is 24.9 Å². The van der Waals surface area contributed by atoms with Crippen molar-refractivity contribution in [2.24, 2.45) is 7.05 Å². The van der Waals surface area contributed by atoms with Gasteiger partial charge in [-0.05, 0) is 35.4 Å². The first-order valence-electron chi connectivity index (χ1n) is 14.3. The van der Waals surface area contributed by atoms with Crippen molar-refractivity contribution >= 4 is 22.7 Å². The van der Waals surface area contributed by atoms with Crippen LogP contribution >= 0.6 is 0 Å². The van der Waals surface area contributed by atoms with E-state index in [2.05, 4.69) is 4.98 Å². The molecule has 0 unspecified atom stereocenters. The van der Waals surface area contributed by atoms with Gasteiger partial charge in [0.2, 0.25) is 11.8 Å². The number of halogens is 3. The van der Waals surface area contributed by atoms with Crippen molar-refractivity contribution in [1.82, 2.24) is 19.7 Å². The summed E-state index contributed by atoms with van der Waals surface area (Å²) in [6.07, 6.45) is -6.28. The maximum Gasteiger partial charge on any atom is 0.410 e. The average Bonchev–Trinajstić information content (AvgIpc) is 3.38. The Balaban J connectivity index is 1.31. The Morgan fingerprint density at radius 3 is 2.22 bits per heavy atom. The van der Waals surface area contributed by atoms with Gasteiger partial charge in [-0.1, -0.05) is 60.7 Å². The fraction of sp³-hybridized carbons (Fsp3) is 0.242. The molecular weight excluding hydrogens is 587 g/mol. The zero-order valence-electron chi connectivity index (χ0n) is 24.3. The number of alkyl halides is 3. The summed E-state index contributed by atoms with van der Waals surface area (Å²) in [5, 5.41) is 14.8. The van der Waals surface area contributed by atoms with Gasteiger partial charge in [-0.15, -0.1) is 0 Å². The van der Waals surface area contributed by atoms with Crippen molar-refractivity contribution in [3.63, 3.8) is 0 Å². The molecule has 45 heavy (non-hydrogen) atoms. The molecule has 0 aliphatic carbocycles. The van der Waals surface area contributed by atoms with Crippen molar-refractivity contribution in [2.45, 2.75) is 25.4 Å². The smallest absolute Gasteiger partial charge is 0.410 e. The van der Waals surface area contributed by atoms with Gasteiger partial charge in [-0.2, -0.15) is 23.3 Å². The second-order valence-electron chi connectivity index (χ2n) is 10.7. The summed E-state index contributed by atoms with van der Waals surface area (Å²) in [5.41, 5.74) is 4.39. The number of pyridine rings is 1. The summed E-state index contributed by atoms with van der Waals surface area (Å²) in [7, 11) is 1.76. The van der Waals surface area contributed by atoms with Crippen LogP contribution in [0.15, 0.2) is 91.0 Å². The standard InChI is InChI=1S/C33H30F3N5O4/c1-39-27-18-24(40-16-17-41(32(42)43)28(19-40)33(34,35)36)12-13-25(27)30(38-39)26-14-15-29(44-20-22-8-4-2-5-9-22)37-31(26)45-21-23-10-6-3-7-11-23/h2-15,18,28H,16-17,19-21H2,1H3,(H,42,43)/t28-/m1/s1. The Labute approximate surface area is 257 Å². The second kappa shape index (κ2) is 12.4. The van der Waals surface area contributed by atoms with Crippen LogP contribution < -0.4 is 14.4 Å². The van der Waals surface area contributed by atoms with Crippen LogP contribution in [0, 0.1) is 0 Å². The summed E-state index contributed by atoms with van der Waals surface area (Å²) in [6, 6.07) is 26.2. The molecule has 12 heteroatoms. The molecule has 1 N–H and O–H groups in total. The Morgan fingerprint density at radius 1 is 0.911 bits per heavy atom. The van der Waals surface area contributed by atoms with Crippen molar-refractivity contribution in [2.75, 3.05) is 24.5 Å². The first-order valence-corrected chi connectivity index (χ1v) is 14.3. The number of aryl methyl sites for hydroxylation is 1. The van der Waals surface area contributed by atoms with Crippen LogP contribution in [0.3, 0.4) is 0 Å². The largest absolute Gasteiger partial charge is 0.473 e. The molecule has 232 valence electrons. The minimum Gasteiger partial charge on any atom is -0.473 e. The first-order chi connectivity index (χ1) is 21.7. The predicted molar refractivity (Wildman–Crippen MR) is 162 cm³/mol. The lowest BCUT2D eigenvalue weighted by Crippen LogP contribution is -2.60. The highest BCUT2D eigenvalue weighted by molar-refractivity contribution is 5.96. The molecule has 1 fully saturated rings. The Hall–Kier alpha value is -5.26. The van der Waals surface area contributed by atoms with E-state index in [0.29, 0.717) is 45.7 Å². The maximum atomic E-state index is 13.7. The lowest BCUT2D eigenvalue weighted by atomic mass is 10.1. The van der Waals surface area contributed by atoms with Crippen molar-refractivity contribution < 1.29 is 32.5 Å². The van der Waals surface area contributed by atoms with Gasteiger partial charge in [0.05, 0.1) is 11.1 Å². The third kappa shape index (κ3) is 6.49. The molecule has 1 amide bonds. The number of carboxylic acid groups (broad SMARTS) is 1. The van der Waals surface area contributed by atoms with Gasteiger partial charge in [0.25, 0.3) is 0 Å². The molecule has 1 aliphatic heterocycles. The highest BCUT2D eigenvalue weighted by Gasteiger charge is 2.48. The molecule has 1 saturated heterocycles. The third-order valence-corrected chi connectivity index (χ3v) is 7.74. The topological polar surface area (TPSA) is 93.0 Å². The van der Waals surface area contributed by atoms with Crippen LogP contribution in [-0.4, -0.2) is 62.7 Å². The third-order valence-electron chi connectivity index (χ3n) is 7.74. The molecule has 1 atom stereocenters. The lowest BCUT2D eigenvalue weighted by Gasteiger charge is -2.41.